The van der Waals surface area contributed by atoms with Gasteiger partial charge in [-0.2, -0.15) is 0 Å². The molecular formula is C9H24N4O. The third-order valence-electron chi connectivity index (χ3n) is 2.10. The third-order valence-corrected chi connectivity index (χ3v) is 2.10. The highest BCUT2D eigenvalue weighted by Gasteiger charge is 2.24. The largest absolute Gasteiger partial charge is 0.389 e. The molecule has 0 aromatic heterocycles. The predicted molar refractivity (Wildman–Crippen MR) is 59.1 cm³/mol. The maximum Gasteiger partial charge on any atom is 0.0756 e. The smallest absolute Gasteiger partial charge is 0.0756 e. The zero-order valence-corrected chi connectivity index (χ0v) is 9.21. The fraction of sp³-hybridized carbons (Fsp3) is 1.00. The zero-order valence-electron chi connectivity index (χ0n) is 9.21. The van der Waals surface area contributed by atoms with E-state index in [4.69, 9.17) is 11.5 Å². The van der Waals surface area contributed by atoms with Crippen LogP contribution in [0, 0.1) is 0 Å². The van der Waals surface area contributed by atoms with Crippen molar-refractivity contribution in [3.63, 3.8) is 0 Å². The van der Waals surface area contributed by atoms with E-state index in [2.05, 4.69) is 10.6 Å². The molecule has 7 N–H and O–H groups in total. The summed E-state index contributed by atoms with van der Waals surface area (Å²) in [5.41, 5.74) is 10.1. The first-order valence-electron chi connectivity index (χ1n) is 5.09. The maximum absolute atomic E-state index is 9.70. The lowest BCUT2D eigenvalue weighted by Crippen LogP contribution is -2.52. The van der Waals surface area contributed by atoms with Gasteiger partial charge in [-0.25, -0.2) is 0 Å². The minimum atomic E-state index is -0.775. The number of aliphatic hydroxyl groups is 1. The molecule has 1 unspecified atom stereocenters. The highest BCUT2D eigenvalue weighted by Crippen LogP contribution is 2.06. The average molecular weight is 204 g/mol. The molecule has 0 spiro atoms. The molecular weight excluding hydrogens is 180 g/mol. The van der Waals surface area contributed by atoms with Crippen molar-refractivity contribution in [3.05, 3.63) is 0 Å². The minimum absolute atomic E-state index is 0.0674. The lowest BCUT2D eigenvalue weighted by molar-refractivity contribution is 0.0411. The Morgan fingerprint density at radius 1 is 1.21 bits per heavy atom. The molecule has 0 radical (unpaired) electrons. The summed E-state index contributed by atoms with van der Waals surface area (Å²) in [6.07, 6.45) is 0. The van der Waals surface area contributed by atoms with Gasteiger partial charge in [0.1, 0.15) is 0 Å². The number of hydrogen-bond acceptors (Lipinski definition) is 5. The van der Waals surface area contributed by atoms with Gasteiger partial charge in [0.25, 0.3) is 0 Å². The molecule has 5 heteroatoms. The Morgan fingerprint density at radius 2 is 1.86 bits per heavy atom. The summed E-state index contributed by atoms with van der Waals surface area (Å²) in [7, 11) is 0. The van der Waals surface area contributed by atoms with Crippen molar-refractivity contribution in [2.24, 2.45) is 11.5 Å². The standard InChI is InChI=1S/C9H24N4O/c1-9(2,14)8(7-11)13-6-5-12-4-3-10/h8,12-14H,3-7,10-11H2,1-2H3. The maximum atomic E-state index is 9.70. The summed E-state index contributed by atoms with van der Waals surface area (Å²) in [6, 6.07) is -0.0674. The van der Waals surface area contributed by atoms with E-state index < -0.39 is 5.60 Å². The van der Waals surface area contributed by atoms with Gasteiger partial charge in [-0.15, -0.1) is 0 Å². The van der Waals surface area contributed by atoms with Crippen LogP contribution >= 0.6 is 0 Å². The van der Waals surface area contributed by atoms with Gasteiger partial charge in [0, 0.05) is 38.8 Å². The van der Waals surface area contributed by atoms with Crippen LogP contribution < -0.4 is 22.1 Å². The molecule has 0 aliphatic rings. The summed E-state index contributed by atoms with van der Waals surface area (Å²) in [4.78, 5) is 0. The molecule has 0 aliphatic carbocycles. The second-order valence-electron chi connectivity index (χ2n) is 3.93. The zero-order chi connectivity index (χ0) is 11.0. The molecule has 0 rings (SSSR count). The van der Waals surface area contributed by atoms with Crippen molar-refractivity contribution in [1.82, 2.24) is 10.6 Å². The number of nitrogens with one attached hydrogen (secondary N) is 2. The van der Waals surface area contributed by atoms with Crippen molar-refractivity contribution in [3.8, 4) is 0 Å². The van der Waals surface area contributed by atoms with Crippen LogP contribution in [0.1, 0.15) is 13.8 Å². The molecule has 0 bridgehead atoms. The molecule has 0 aromatic carbocycles. The molecule has 0 amide bonds. The van der Waals surface area contributed by atoms with Crippen LogP contribution in [0.5, 0.6) is 0 Å². The normalized spacial score (nSPS) is 14.4. The second-order valence-corrected chi connectivity index (χ2v) is 3.93. The van der Waals surface area contributed by atoms with Crippen molar-refractivity contribution >= 4 is 0 Å². The van der Waals surface area contributed by atoms with E-state index in [0.29, 0.717) is 13.1 Å². The van der Waals surface area contributed by atoms with E-state index in [1.54, 1.807) is 13.8 Å². The van der Waals surface area contributed by atoms with Crippen LogP contribution in [0.25, 0.3) is 0 Å². The molecule has 1 atom stereocenters. The summed E-state index contributed by atoms with van der Waals surface area (Å²) < 4.78 is 0. The summed E-state index contributed by atoms with van der Waals surface area (Å²) in [5.74, 6) is 0. The Bertz CT molecular complexity index is 135. The van der Waals surface area contributed by atoms with Gasteiger partial charge in [0.15, 0.2) is 0 Å². The fourth-order valence-electron chi connectivity index (χ4n) is 1.18. The van der Waals surface area contributed by atoms with Gasteiger partial charge in [0.2, 0.25) is 0 Å². The van der Waals surface area contributed by atoms with Crippen LogP contribution in [0.2, 0.25) is 0 Å². The van der Waals surface area contributed by atoms with Crippen LogP contribution in [0.15, 0.2) is 0 Å². The lowest BCUT2D eigenvalue weighted by Gasteiger charge is -2.29. The quantitative estimate of drug-likeness (QED) is 0.301. The first-order chi connectivity index (χ1) is 6.52. The Hall–Kier alpha value is -0.200. The van der Waals surface area contributed by atoms with Crippen LogP contribution in [-0.2, 0) is 0 Å². The van der Waals surface area contributed by atoms with E-state index >= 15 is 0 Å². The molecule has 0 heterocycles. The van der Waals surface area contributed by atoms with Gasteiger partial charge in [-0.3, -0.25) is 0 Å². The Labute approximate surface area is 86.2 Å². The van der Waals surface area contributed by atoms with E-state index in [1.165, 1.54) is 0 Å². The Balaban J connectivity index is 3.54. The highest BCUT2D eigenvalue weighted by molar-refractivity contribution is 4.84. The summed E-state index contributed by atoms with van der Waals surface area (Å²) >= 11 is 0. The van der Waals surface area contributed by atoms with Gasteiger partial charge >= 0.3 is 0 Å². The van der Waals surface area contributed by atoms with Crippen molar-refractivity contribution in [1.29, 1.82) is 0 Å². The van der Waals surface area contributed by atoms with Crippen LogP contribution in [-0.4, -0.2) is 49.5 Å². The minimum Gasteiger partial charge on any atom is -0.389 e. The molecule has 0 fully saturated rings. The first-order valence-corrected chi connectivity index (χ1v) is 5.09. The molecule has 0 saturated heterocycles. The summed E-state index contributed by atoms with van der Waals surface area (Å²) in [5, 5.41) is 16.0. The number of rotatable bonds is 8. The number of nitrogens with two attached hydrogens (primary N) is 2. The average Bonchev–Trinajstić information content (AvgIpc) is 2.09. The Kier molecular flexibility index (Phi) is 7.04. The topological polar surface area (TPSA) is 96.3 Å². The van der Waals surface area contributed by atoms with Crippen LogP contribution in [0.3, 0.4) is 0 Å². The SMILES string of the molecule is CC(C)(O)C(CN)NCCNCCN. The highest BCUT2D eigenvalue weighted by atomic mass is 16.3. The lowest BCUT2D eigenvalue weighted by atomic mass is 9.99. The van der Waals surface area contributed by atoms with E-state index in [9.17, 15) is 5.11 Å². The van der Waals surface area contributed by atoms with Gasteiger partial charge in [-0.1, -0.05) is 0 Å². The van der Waals surface area contributed by atoms with E-state index in [0.717, 1.165) is 19.6 Å². The molecule has 0 aromatic rings. The van der Waals surface area contributed by atoms with E-state index in [-0.39, 0.29) is 6.04 Å². The third kappa shape index (κ3) is 6.28. The molecule has 5 nitrogen and oxygen atoms in total. The van der Waals surface area contributed by atoms with Gasteiger partial charge in [0.05, 0.1) is 5.60 Å². The molecule has 0 saturated carbocycles. The monoisotopic (exact) mass is 204 g/mol. The van der Waals surface area contributed by atoms with Crippen molar-refractivity contribution < 1.29 is 5.11 Å². The van der Waals surface area contributed by atoms with Crippen LogP contribution in [0.4, 0.5) is 0 Å². The second kappa shape index (κ2) is 7.14. The predicted octanol–water partition coefficient (Wildman–Crippen LogP) is -1.78. The Morgan fingerprint density at radius 3 is 2.29 bits per heavy atom. The van der Waals surface area contributed by atoms with E-state index in [1.807, 2.05) is 0 Å². The molecule has 14 heavy (non-hydrogen) atoms. The molecule has 0 aliphatic heterocycles. The fourth-order valence-corrected chi connectivity index (χ4v) is 1.18. The van der Waals surface area contributed by atoms with Crippen molar-refractivity contribution in [2.45, 2.75) is 25.5 Å². The molecule has 86 valence electrons. The summed E-state index contributed by atoms with van der Waals surface area (Å²) in [6.45, 7) is 7.02. The van der Waals surface area contributed by atoms with Gasteiger partial charge in [-0.05, 0) is 13.8 Å². The first kappa shape index (κ1) is 13.8. The van der Waals surface area contributed by atoms with Gasteiger partial charge < -0.3 is 27.2 Å². The number of hydrogen-bond donors (Lipinski definition) is 5. The van der Waals surface area contributed by atoms with Crippen molar-refractivity contribution in [2.75, 3.05) is 32.7 Å².